The summed E-state index contributed by atoms with van der Waals surface area (Å²) in [6.45, 7) is 4.97. The van der Waals surface area contributed by atoms with Crippen molar-refractivity contribution in [3.8, 4) is 0 Å². The van der Waals surface area contributed by atoms with Crippen molar-refractivity contribution in [3.05, 3.63) is 5.82 Å². The molecule has 0 aliphatic carbocycles. The third kappa shape index (κ3) is 2.58. The quantitative estimate of drug-likeness (QED) is 0.694. The van der Waals surface area contributed by atoms with E-state index in [1.165, 1.54) is 4.80 Å². The zero-order chi connectivity index (χ0) is 8.97. The Hall–Kier alpha value is -0.970. The van der Waals surface area contributed by atoms with Crippen LogP contribution in [-0.2, 0) is 13.6 Å². The molecule has 0 bridgehead atoms. The fraction of sp³-hybridized carbons (Fsp3) is 0.857. The molecule has 0 aliphatic heterocycles. The lowest BCUT2D eigenvalue weighted by atomic mass is 10.2. The summed E-state index contributed by atoms with van der Waals surface area (Å²) in [7, 11) is 1.76. The first-order chi connectivity index (χ1) is 5.72. The molecule has 1 atom stereocenters. The van der Waals surface area contributed by atoms with Gasteiger partial charge in [-0.25, -0.2) is 0 Å². The first-order valence-electron chi connectivity index (χ1n) is 4.18. The molecule has 12 heavy (non-hydrogen) atoms. The molecule has 1 rings (SSSR count). The second-order valence-electron chi connectivity index (χ2n) is 2.89. The Morgan fingerprint density at radius 3 is 2.83 bits per heavy atom. The highest BCUT2D eigenvalue weighted by Gasteiger charge is 2.01. The molecule has 1 heterocycles. The van der Waals surface area contributed by atoms with Gasteiger partial charge in [0.25, 0.3) is 0 Å². The van der Waals surface area contributed by atoms with Crippen molar-refractivity contribution in [3.63, 3.8) is 0 Å². The molecule has 1 N–H and O–H groups in total. The Labute approximate surface area is 72.2 Å². The summed E-state index contributed by atoms with van der Waals surface area (Å²) in [5, 5.41) is 14.9. The van der Waals surface area contributed by atoms with Crippen molar-refractivity contribution in [2.75, 3.05) is 0 Å². The lowest BCUT2D eigenvalue weighted by molar-refractivity contribution is 0.521. The molecule has 1 unspecified atom stereocenters. The van der Waals surface area contributed by atoms with Crippen LogP contribution in [0.1, 0.15) is 26.1 Å². The van der Waals surface area contributed by atoms with Crippen molar-refractivity contribution in [2.45, 2.75) is 32.9 Å². The SMILES string of the molecule is CCC(C)NCc1nnn(C)n1. The molecule has 68 valence electrons. The number of rotatable bonds is 4. The first kappa shape index (κ1) is 9.12. The maximum absolute atomic E-state index is 4.05. The predicted molar refractivity (Wildman–Crippen MR) is 45.4 cm³/mol. The average Bonchev–Trinajstić information content (AvgIpc) is 2.47. The van der Waals surface area contributed by atoms with Gasteiger partial charge >= 0.3 is 0 Å². The second-order valence-corrected chi connectivity index (χ2v) is 2.89. The highest BCUT2D eigenvalue weighted by molar-refractivity contribution is 4.76. The molecule has 5 nitrogen and oxygen atoms in total. The van der Waals surface area contributed by atoms with E-state index in [1.54, 1.807) is 7.05 Å². The fourth-order valence-electron chi connectivity index (χ4n) is 0.804. The smallest absolute Gasteiger partial charge is 0.188 e. The minimum Gasteiger partial charge on any atom is -0.307 e. The summed E-state index contributed by atoms with van der Waals surface area (Å²) in [6.07, 6.45) is 1.11. The van der Waals surface area contributed by atoms with E-state index in [-0.39, 0.29) is 0 Å². The fourth-order valence-corrected chi connectivity index (χ4v) is 0.804. The van der Waals surface area contributed by atoms with Crippen molar-refractivity contribution < 1.29 is 0 Å². The van der Waals surface area contributed by atoms with E-state index in [0.29, 0.717) is 12.6 Å². The Morgan fingerprint density at radius 1 is 1.58 bits per heavy atom. The van der Waals surface area contributed by atoms with Gasteiger partial charge in [-0.15, -0.1) is 10.2 Å². The van der Waals surface area contributed by atoms with E-state index in [2.05, 4.69) is 34.6 Å². The van der Waals surface area contributed by atoms with E-state index in [4.69, 9.17) is 0 Å². The highest BCUT2D eigenvalue weighted by atomic mass is 15.6. The van der Waals surface area contributed by atoms with Crippen molar-refractivity contribution in [1.82, 2.24) is 25.5 Å². The summed E-state index contributed by atoms with van der Waals surface area (Å²) in [5.74, 6) is 0.748. The van der Waals surface area contributed by atoms with Gasteiger partial charge in [0.15, 0.2) is 5.82 Å². The molecule has 1 aromatic rings. The van der Waals surface area contributed by atoms with Crippen LogP contribution >= 0.6 is 0 Å². The zero-order valence-corrected chi connectivity index (χ0v) is 7.78. The standard InChI is InChI=1S/C7H15N5/c1-4-6(2)8-5-7-9-11-12(3)10-7/h6,8H,4-5H2,1-3H3. The van der Waals surface area contributed by atoms with E-state index < -0.39 is 0 Å². The van der Waals surface area contributed by atoms with Gasteiger partial charge in [-0.1, -0.05) is 6.92 Å². The summed E-state index contributed by atoms with van der Waals surface area (Å²) in [4.78, 5) is 1.47. The van der Waals surface area contributed by atoms with Crippen LogP contribution in [0.5, 0.6) is 0 Å². The van der Waals surface area contributed by atoms with Gasteiger partial charge in [0.2, 0.25) is 0 Å². The van der Waals surface area contributed by atoms with Crippen LogP contribution < -0.4 is 5.32 Å². The van der Waals surface area contributed by atoms with Crippen LogP contribution in [0.15, 0.2) is 0 Å². The summed E-state index contributed by atoms with van der Waals surface area (Å²) in [6, 6.07) is 0.508. The Balaban J connectivity index is 2.33. The average molecular weight is 169 g/mol. The Kier molecular flexibility index (Phi) is 3.16. The van der Waals surface area contributed by atoms with Crippen LogP contribution in [0, 0.1) is 0 Å². The molecule has 0 fully saturated rings. The van der Waals surface area contributed by atoms with Crippen LogP contribution in [0.3, 0.4) is 0 Å². The topological polar surface area (TPSA) is 55.6 Å². The number of nitrogens with one attached hydrogen (secondary N) is 1. The minimum absolute atomic E-state index is 0.508. The van der Waals surface area contributed by atoms with Crippen molar-refractivity contribution in [1.29, 1.82) is 0 Å². The summed E-state index contributed by atoms with van der Waals surface area (Å²) >= 11 is 0. The monoisotopic (exact) mass is 169 g/mol. The molecule has 0 spiro atoms. The lowest BCUT2D eigenvalue weighted by Crippen LogP contribution is -2.25. The summed E-state index contributed by atoms with van der Waals surface area (Å²) < 4.78 is 0. The normalized spacial score (nSPS) is 13.2. The highest BCUT2D eigenvalue weighted by Crippen LogP contribution is 1.90. The zero-order valence-electron chi connectivity index (χ0n) is 7.78. The van der Waals surface area contributed by atoms with Gasteiger partial charge < -0.3 is 5.32 Å². The molecule has 0 saturated heterocycles. The number of hydrogen-bond donors (Lipinski definition) is 1. The molecule has 1 aromatic heterocycles. The molecular weight excluding hydrogens is 154 g/mol. The third-order valence-electron chi connectivity index (χ3n) is 1.77. The number of tetrazole rings is 1. The van der Waals surface area contributed by atoms with Crippen LogP contribution in [-0.4, -0.2) is 26.2 Å². The lowest BCUT2D eigenvalue weighted by Gasteiger charge is -2.07. The van der Waals surface area contributed by atoms with Gasteiger partial charge in [0, 0.05) is 6.04 Å². The molecule has 5 heteroatoms. The van der Waals surface area contributed by atoms with Crippen molar-refractivity contribution >= 4 is 0 Å². The van der Waals surface area contributed by atoms with Gasteiger partial charge in [-0.05, 0) is 18.6 Å². The van der Waals surface area contributed by atoms with Crippen LogP contribution in [0.4, 0.5) is 0 Å². The maximum atomic E-state index is 4.05. The maximum Gasteiger partial charge on any atom is 0.188 e. The van der Waals surface area contributed by atoms with E-state index in [0.717, 1.165) is 12.2 Å². The predicted octanol–water partition coefficient (Wildman–Crippen LogP) is 0.0982. The Morgan fingerprint density at radius 2 is 2.33 bits per heavy atom. The van der Waals surface area contributed by atoms with E-state index >= 15 is 0 Å². The number of aromatic nitrogens is 4. The second kappa shape index (κ2) is 4.15. The largest absolute Gasteiger partial charge is 0.307 e. The molecule has 0 aliphatic rings. The molecule has 0 radical (unpaired) electrons. The van der Waals surface area contributed by atoms with Gasteiger partial charge in [0.1, 0.15) is 0 Å². The van der Waals surface area contributed by atoms with Gasteiger partial charge in [0.05, 0.1) is 13.6 Å². The van der Waals surface area contributed by atoms with E-state index in [9.17, 15) is 0 Å². The first-order valence-corrected chi connectivity index (χ1v) is 4.18. The van der Waals surface area contributed by atoms with Crippen LogP contribution in [0.2, 0.25) is 0 Å². The molecule has 0 amide bonds. The number of aryl methyl sites for hydroxylation is 1. The van der Waals surface area contributed by atoms with Crippen molar-refractivity contribution in [2.24, 2.45) is 7.05 Å². The van der Waals surface area contributed by atoms with E-state index in [1.807, 2.05) is 0 Å². The Bertz CT molecular complexity index is 231. The third-order valence-corrected chi connectivity index (χ3v) is 1.77. The van der Waals surface area contributed by atoms with Gasteiger partial charge in [-0.2, -0.15) is 4.80 Å². The molecular formula is C7H15N5. The number of nitrogens with zero attached hydrogens (tertiary/aromatic N) is 4. The van der Waals surface area contributed by atoms with Crippen LogP contribution in [0.25, 0.3) is 0 Å². The summed E-state index contributed by atoms with van der Waals surface area (Å²) in [5.41, 5.74) is 0. The number of hydrogen-bond acceptors (Lipinski definition) is 4. The molecule has 0 saturated carbocycles. The molecule has 0 aromatic carbocycles. The van der Waals surface area contributed by atoms with Gasteiger partial charge in [-0.3, -0.25) is 0 Å². The minimum atomic E-state index is 0.508.